The van der Waals surface area contributed by atoms with Crippen LogP contribution >= 0.6 is 0 Å². The molecule has 0 saturated heterocycles. The molecule has 1 amide bonds. The van der Waals surface area contributed by atoms with Crippen LogP contribution in [0.4, 0.5) is 0 Å². The Morgan fingerprint density at radius 2 is 1.62 bits per heavy atom. The number of aliphatic carboxylic acids is 2. The number of carbonyl (C=O) groups excluding carboxylic acids is 2. The Morgan fingerprint density at radius 1 is 1.00 bits per heavy atom. The van der Waals surface area contributed by atoms with Gasteiger partial charge in [0, 0.05) is 6.42 Å². The van der Waals surface area contributed by atoms with Gasteiger partial charge in [-0.3, -0.25) is 9.59 Å². The zero-order valence-corrected chi connectivity index (χ0v) is 19.4. The first-order valence-electron chi connectivity index (χ1n) is 11.1. The van der Waals surface area contributed by atoms with Gasteiger partial charge < -0.3 is 20.3 Å². The van der Waals surface area contributed by atoms with Crippen LogP contribution in [-0.2, 0) is 20.8 Å². The minimum atomic E-state index is -1.19. The Hall–Kier alpha value is -3.68. The molecule has 0 aliphatic heterocycles. The molecule has 0 radical (unpaired) electrons. The maximum Gasteiger partial charge on any atom is 0.343 e. The van der Waals surface area contributed by atoms with Crippen molar-refractivity contribution in [2.75, 3.05) is 0 Å². The molecule has 0 bridgehead atoms. The summed E-state index contributed by atoms with van der Waals surface area (Å²) in [6, 6.07) is 13.7. The predicted octanol–water partition coefficient (Wildman–Crippen LogP) is 3.54. The molecule has 0 heterocycles. The lowest BCUT2D eigenvalue weighted by Gasteiger charge is -2.39. The minimum absolute atomic E-state index is 0.0207. The Bertz CT molecular complexity index is 1080. The first-order valence-corrected chi connectivity index (χ1v) is 11.1. The number of amides is 1. The summed E-state index contributed by atoms with van der Waals surface area (Å²) < 4.78 is 5.33. The second-order valence-electron chi connectivity index (χ2n) is 9.45. The van der Waals surface area contributed by atoms with E-state index in [1.165, 1.54) is 0 Å². The molecule has 3 rings (SSSR count). The molecular weight excluding hydrogens is 438 g/mol. The van der Waals surface area contributed by atoms with Gasteiger partial charge >= 0.3 is 17.9 Å². The Balaban J connectivity index is 1.67. The van der Waals surface area contributed by atoms with E-state index in [4.69, 9.17) is 4.74 Å². The van der Waals surface area contributed by atoms with Crippen LogP contribution in [0.3, 0.4) is 0 Å². The van der Waals surface area contributed by atoms with Crippen molar-refractivity contribution in [2.45, 2.75) is 46.1 Å². The van der Waals surface area contributed by atoms with Gasteiger partial charge in [0.15, 0.2) is 0 Å². The molecule has 1 saturated carbocycles. The highest BCUT2D eigenvalue weighted by Crippen LogP contribution is 2.56. The first kappa shape index (κ1) is 25.0. The zero-order valence-electron chi connectivity index (χ0n) is 19.4. The normalized spacial score (nSPS) is 21.9. The number of carboxylic acid groups (broad SMARTS) is 2. The zero-order chi connectivity index (χ0) is 25.1. The smallest absolute Gasteiger partial charge is 0.343 e. The molecule has 1 aliphatic carbocycles. The van der Waals surface area contributed by atoms with Crippen molar-refractivity contribution in [3.8, 4) is 5.75 Å². The minimum Gasteiger partial charge on any atom is -0.481 e. The van der Waals surface area contributed by atoms with Gasteiger partial charge in [-0.05, 0) is 48.1 Å². The van der Waals surface area contributed by atoms with Crippen molar-refractivity contribution in [3.05, 3.63) is 65.7 Å². The number of carbonyl (C=O) groups is 4. The van der Waals surface area contributed by atoms with Crippen molar-refractivity contribution in [2.24, 2.45) is 16.7 Å². The van der Waals surface area contributed by atoms with E-state index in [0.717, 1.165) is 0 Å². The third-order valence-electron chi connectivity index (χ3n) is 7.21. The molecule has 3 N–H and O–H groups in total. The number of hydrogen-bond acceptors (Lipinski definition) is 5. The SMILES string of the molecule is CC1(C)[C@@H](C(=O)O)CC[C@@]1(C)C(=O)N[C@@H](Cc1ccc(OC(=O)c2ccccc2)cc1)C(=O)O. The number of benzene rings is 2. The topological polar surface area (TPSA) is 130 Å². The van der Waals surface area contributed by atoms with Crippen LogP contribution < -0.4 is 10.1 Å². The van der Waals surface area contributed by atoms with Crippen molar-refractivity contribution in [1.82, 2.24) is 5.32 Å². The van der Waals surface area contributed by atoms with Crippen LogP contribution in [0.25, 0.3) is 0 Å². The van der Waals surface area contributed by atoms with Crippen LogP contribution in [0.2, 0.25) is 0 Å². The lowest BCUT2D eigenvalue weighted by Crippen LogP contribution is -2.53. The highest BCUT2D eigenvalue weighted by atomic mass is 16.5. The highest BCUT2D eigenvalue weighted by Gasteiger charge is 2.58. The lowest BCUT2D eigenvalue weighted by molar-refractivity contribution is -0.151. The summed E-state index contributed by atoms with van der Waals surface area (Å²) in [6.45, 7) is 5.17. The van der Waals surface area contributed by atoms with Crippen LogP contribution in [0.1, 0.15) is 49.5 Å². The molecule has 8 heteroatoms. The number of rotatable bonds is 8. The van der Waals surface area contributed by atoms with Crippen molar-refractivity contribution < 1.29 is 34.1 Å². The molecule has 2 aromatic carbocycles. The molecular formula is C26H29NO7. The van der Waals surface area contributed by atoms with E-state index in [1.807, 2.05) is 0 Å². The van der Waals surface area contributed by atoms with Crippen LogP contribution in [-0.4, -0.2) is 40.1 Å². The number of nitrogens with one attached hydrogen (secondary N) is 1. The number of hydrogen-bond donors (Lipinski definition) is 3. The van der Waals surface area contributed by atoms with Crippen molar-refractivity contribution in [3.63, 3.8) is 0 Å². The van der Waals surface area contributed by atoms with Crippen molar-refractivity contribution in [1.29, 1.82) is 0 Å². The molecule has 0 spiro atoms. The molecule has 0 unspecified atom stereocenters. The summed E-state index contributed by atoms with van der Waals surface area (Å²) >= 11 is 0. The average molecular weight is 468 g/mol. The quantitative estimate of drug-likeness (QED) is 0.400. The van der Waals surface area contributed by atoms with E-state index in [0.29, 0.717) is 29.7 Å². The van der Waals surface area contributed by atoms with E-state index in [1.54, 1.807) is 75.4 Å². The van der Waals surface area contributed by atoms with Gasteiger partial charge in [0.05, 0.1) is 16.9 Å². The maximum absolute atomic E-state index is 13.1. The summed E-state index contributed by atoms with van der Waals surface area (Å²) in [5.74, 6) is -3.49. The molecule has 2 aromatic rings. The number of ether oxygens (including phenoxy) is 1. The fourth-order valence-corrected chi connectivity index (χ4v) is 4.53. The first-order chi connectivity index (χ1) is 16.0. The fourth-order valence-electron chi connectivity index (χ4n) is 4.53. The summed E-state index contributed by atoms with van der Waals surface area (Å²) in [6.07, 6.45) is 0.733. The van der Waals surface area contributed by atoms with E-state index < -0.39 is 46.6 Å². The third kappa shape index (κ3) is 4.95. The van der Waals surface area contributed by atoms with Crippen LogP contribution in [0, 0.1) is 16.7 Å². The van der Waals surface area contributed by atoms with Gasteiger partial charge in [-0.2, -0.15) is 0 Å². The highest BCUT2D eigenvalue weighted by molar-refractivity contribution is 5.91. The van der Waals surface area contributed by atoms with Gasteiger partial charge in [-0.15, -0.1) is 0 Å². The van der Waals surface area contributed by atoms with Crippen molar-refractivity contribution >= 4 is 23.8 Å². The van der Waals surface area contributed by atoms with E-state index in [9.17, 15) is 29.4 Å². The molecule has 0 aromatic heterocycles. The molecule has 34 heavy (non-hydrogen) atoms. The van der Waals surface area contributed by atoms with Crippen LogP contribution in [0.5, 0.6) is 5.75 Å². The van der Waals surface area contributed by atoms with Gasteiger partial charge in [0.25, 0.3) is 0 Å². The van der Waals surface area contributed by atoms with Gasteiger partial charge in [0.1, 0.15) is 11.8 Å². The number of esters is 1. The Kier molecular flexibility index (Phi) is 7.09. The van der Waals surface area contributed by atoms with Crippen LogP contribution in [0.15, 0.2) is 54.6 Å². The predicted molar refractivity (Wildman–Crippen MR) is 123 cm³/mol. The summed E-state index contributed by atoms with van der Waals surface area (Å²) in [5, 5.41) is 21.8. The summed E-state index contributed by atoms with van der Waals surface area (Å²) in [5.41, 5.74) is -0.810. The Labute approximate surface area is 197 Å². The number of carboxylic acids is 2. The molecule has 8 nitrogen and oxygen atoms in total. The largest absolute Gasteiger partial charge is 0.481 e. The van der Waals surface area contributed by atoms with Gasteiger partial charge in [0.2, 0.25) is 5.91 Å². The van der Waals surface area contributed by atoms with E-state index in [-0.39, 0.29) is 6.42 Å². The van der Waals surface area contributed by atoms with E-state index >= 15 is 0 Å². The van der Waals surface area contributed by atoms with Gasteiger partial charge in [-0.1, -0.05) is 51.1 Å². The van der Waals surface area contributed by atoms with E-state index in [2.05, 4.69) is 5.32 Å². The fraction of sp³-hybridized carbons (Fsp3) is 0.385. The molecule has 180 valence electrons. The molecule has 3 atom stereocenters. The Morgan fingerprint density at radius 3 is 2.15 bits per heavy atom. The second-order valence-corrected chi connectivity index (χ2v) is 9.45. The summed E-state index contributed by atoms with van der Waals surface area (Å²) in [4.78, 5) is 48.8. The third-order valence-corrected chi connectivity index (χ3v) is 7.21. The molecule has 1 aliphatic rings. The standard InChI is InChI=1S/C26H29NO7/c1-25(2)19(21(28)29)13-14-26(25,3)24(33)27-20(22(30)31)15-16-9-11-18(12-10-16)34-23(32)17-7-5-4-6-8-17/h4-12,19-20H,13-15H2,1-3H3,(H,27,33)(H,28,29)(H,30,31)/t19-,20+,26+/m1/s1. The molecule has 1 fully saturated rings. The average Bonchev–Trinajstić information content (AvgIpc) is 3.04. The second kappa shape index (κ2) is 9.67. The summed E-state index contributed by atoms with van der Waals surface area (Å²) in [7, 11) is 0. The monoisotopic (exact) mass is 467 g/mol. The van der Waals surface area contributed by atoms with Gasteiger partial charge in [-0.25, -0.2) is 9.59 Å². The lowest BCUT2D eigenvalue weighted by atomic mass is 9.65. The maximum atomic E-state index is 13.1.